The number of benzene rings is 1. The van der Waals surface area contributed by atoms with Crippen LogP contribution in [0.2, 0.25) is 5.28 Å². The highest BCUT2D eigenvalue weighted by molar-refractivity contribution is 6.28. The van der Waals surface area contributed by atoms with E-state index in [0.717, 1.165) is 18.7 Å². The maximum atomic E-state index is 13.1. The van der Waals surface area contributed by atoms with Crippen LogP contribution in [-0.2, 0) is 11.0 Å². The second-order valence-corrected chi connectivity index (χ2v) is 8.38. The number of rotatable bonds is 3. The van der Waals surface area contributed by atoms with Crippen molar-refractivity contribution < 1.29 is 18.0 Å². The number of amides is 1. The van der Waals surface area contributed by atoms with Crippen LogP contribution in [0.25, 0.3) is 16.7 Å². The molecule has 0 aliphatic carbocycles. The number of carbonyl (C=O) groups is 1. The first-order valence-corrected chi connectivity index (χ1v) is 10.4. The van der Waals surface area contributed by atoms with Gasteiger partial charge in [0.25, 0.3) is 0 Å². The molecule has 0 N–H and O–H groups in total. The van der Waals surface area contributed by atoms with Crippen LogP contribution >= 0.6 is 11.6 Å². The van der Waals surface area contributed by atoms with E-state index in [2.05, 4.69) is 15.1 Å². The van der Waals surface area contributed by atoms with Gasteiger partial charge in [0.05, 0.1) is 35.4 Å². The van der Waals surface area contributed by atoms with Gasteiger partial charge in [-0.3, -0.25) is 9.69 Å². The minimum Gasteiger partial charge on any atom is -0.352 e. The Balaban J connectivity index is 1.43. The summed E-state index contributed by atoms with van der Waals surface area (Å²) in [6, 6.07) is 4.94. The van der Waals surface area contributed by atoms with Crippen molar-refractivity contribution in [3.63, 3.8) is 0 Å². The zero-order chi connectivity index (χ0) is 22.6. The summed E-state index contributed by atoms with van der Waals surface area (Å²) in [7, 11) is 1.92. The summed E-state index contributed by atoms with van der Waals surface area (Å²) in [6.07, 6.45) is -2.94. The predicted octanol–water partition coefficient (Wildman–Crippen LogP) is 2.45. The highest BCUT2D eigenvalue weighted by Crippen LogP contribution is 2.33. The minimum atomic E-state index is -4.47. The quantitative estimate of drug-likeness (QED) is 0.553. The van der Waals surface area contributed by atoms with Crippen LogP contribution in [-0.4, -0.2) is 81.3 Å². The molecular formula is C20H19ClF3N7O. The molecule has 2 aliphatic rings. The second kappa shape index (κ2) is 7.59. The van der Waals surface area contributed by atoms with E-state index in [1.54, 1.807) is 0 Å². The van der Waals surface area contributed by atoms with Crippen LogP contribution in [0.5, 0.6) is 0 Å². The first-order valence-electron chi connectivity index (χ1n) is 10.0. The van der Waals surface area contributed by atoms with Crippen LogP contribution in [0.4, 0.5) is 19.0 Å². The number of likely N-dealkylation sites (N-methyl/N-ethyl adjacent to an activating group) is 1. The van der Waals surface area contributed by atoms with Crippen LogP contribution < -0.4 is 4.90 Å². The fraction of sp³-hybridized carbons (Fsp3) is 0.400. The summed E-state index contributed by atoms with van der Waals surface area (Å²) < 4.78 is 40.7. The Morgan fingerprint density at radius 3 is 2.66 bits per heavy atom. The van der Waals surface area contributed by atoms with Crippen molar-refractivity contribution in [3.05, 3.63) is 41.3 Å². The summed E-state index contributed by atoms with van der Waals surface area (Å²) in [5, 5.41) is 4.80. The lowest BCUT2D eigenvalue weighted by Crippen LogP contribution is -2.65. The number of carbonyl (C=O) groups excluding carboxylic acids is 1. The van der Waals surface area contributed by atoms with E-state index in [0.29, 0.717) is 43.0 Å². The van der Waals surface area contributed by atoms with Gasteiger partial charge in [0.2, 0.25) is 11.2 Å². The number of halogens is 4. The summed E-state index contributed by atoms with van der Waals surface area (Å²) >= 11 is 6.15. The first kappa shape index (κ1) is 21.0. The summed E-state index contributed by atoms with van der Waals surface area (Å²) in [5.74, 6) is 0.655. The van der Waals surface area contributed by atoms with Gasteiger partial charge >= 0.3 is 6.18 Å². The summed E-state index contributed by atoms with van der Waals surface area (Å²) in [4.78, 5) is 26.7. The third-order valence-electron chi connectivity index (χ3n) is 5.85. The second-order valence-electron chi connectivity index (χ2n) is 8.04. The molecule has 4 heterocycles. The van der Waals surface area contributed by atoms with Crippen molar-refractivity contribution in [2.45, 2.75) is 12.2 Å². The van der Waals surface area contributed by atoms with Crippen molar-refractivity contribution in [2.75, 3.05) is 44.7 Å². The Kier molecular flexibility index (Phi) is 4.97. The van der Waals surface area contributed by atoms with E-state index < -0.39 is 11.7 Å². The average molecular weight is 466 g/mol. The van der Waals surface area contributed by atoms with Crippen LogP contribution in [0.15, 0.2) is 30.5 Å². The Morgan fingerprint density at radius 2 is 1.94 bits per heavy atom. The van der Waals surface area contributed by atoms with Gasteiger partial charge < -0.3 is 9.80 Å². The highest BCUT2D eigenvalue weighted by Gasteiger charge is 2.38. The lowest BCUT2D eigenvalue weighted by atomic mass is 10.1. The van der Waals surface area contributed by atoms with Crippen molar-refractivity contribution in [3.8, 4) is 5.69 Å². The highest BCUT2D eigenvalue weighted by atomic mass is 35.5. The largest absolute Gasteiger partial charge is 0.416 e. The average Bonchev–Trinajstić information content (AvgIpc) is 3.11. The Labute approximate surface area is 186 Å². The number of alkyl halides is 3. The zero-order valence-electron chi connectivity index (χ0n) is 17.1. The molecule has 2 saturated heterocycles. The fourth-order valence-electron chi connectivity index (χ4n) is 4.13. The molecule has 2 aliphatic heterocycles. The minimum absolute atomic E-state index is 0.0275. The van der Waals surface area contributed by atoms with Crippen LogP contribution in [0.1, 0.15) is 5.56 Å². The number of aromatic nitrogens is 4. The Bertz CT molecular complexity index is 1190. The van der Waals surface area contributed by atoms with Gasteiger partial charge in [-0.15, -0.1) is 0 Å². The van der Waals surface area contributed by atoms with Gasteiger partial charge in [0, 0.05) is 26.2 Å². The van der Waals surface area contributed by atoms with Crippen LogP contribution in [0.3, 0.4) is 0 Å². The van der Waals surface area contributed by atoms with E-state index >= 15 is 0 Å². The monoisotopic (exact) mass is 465 g/mol. The molecule has 2 aromatic heterocycles. The lowest BCUT2D eigenvalue weighted by Gasteiger charge is -2.48. The predicted molar refractivity (Wildman–Crippen MR) is 112 cm³/mol. The Morgan fingerprint density at radius 1 is 1.16 bits per heavy atom. The molecule has 0 spiro atoms. The summed E-state index contributed by atoms with van der Waals surface area (Å²) in [6.45, 7) is 3.10. The number of anilines is 1. The van der Waals surface area contributed by atoms with Gasteiger partial charge in [-0.05, 0) is 36.8 Å². The Hall–Kier alpha value is -2.92. The van der Waals surface area contributed by atoms with Crippen molar-refractivity contribution in [2.24, 2.45) is 0 Å². The zero-order valence-corrected chi connectivity index (χ0v) is 17.8. The molecule has 3 aromatic rings. The summed E-state index contributed by atoms with van der Waals surface area (Å²) in [5.41, 5.74) is -0.236. The molecule has 32 heavy (non-hydrogen) atoms. The number of fused-ring (bicyclic) bond motifs is 1. The topological polar surface area (TPSA) is 70.4 Å². The molecule has 1 amide bonds. The van der Waals surface area contributed by atoms with Gasteiger partial charge in [-0.25, -0.2) is 4.68 Å². The molecule has 0 unspecified atom stereocenters. The molecule has 12 heteroatoms. The van der Waals surface area contributed by atoms with Gasteiger partial charge in [-0.2, -0.15) is 28.2 Å². The third kappa shape index (κ3) is 3.65. The maximum Gasteiger partial charge on any atom is 0.416 e. The van der Waals surface area contributed by atoms with Gasteiger partial charge in [0.1, 0.15) is 5.82 Å². The van der Waals surface area contributed by atoms with Crippen molar-refractivity contribution in [1.29, 1.82) is 0 Å². The van der Waals surface area contributed by atoms with Gasteiger partial charge in [-0.1, -0.05) is 6.07 Å². The molecule has 0 atom stereocenters. The fourth-order valence-corrected chi connectivity index (χ4v) is 4.29. The normalized spacial score (nSPS) is 18.5. The molecule has 2 fully saturated rings. The van der Waals surface area contributed by atoms with E-state index in [9.17, 15) is 18.0 Å². The van der Waals surface area contributed by atoms with Crippen molar-refractivity contribution >= 4 is 34.4 Å². The number of hydrogen-bond donors (Lipinski definition) is 0. The molecule has 8 nitrogen and oxygen atoms in total. The molecule has 168 valence electrons. The number of hydrogen-bond acceptors (Lipinski definition) is 6. The van der Waals surface area contributed by atoms with E-state index in [1.807, 2.05) is 21.7 Å². The molecule has 0 radical (unpaired) electrons. The van der Waals surface area contributed by atoms with E-state index in [-0.39, 0.29) is 22.9 Å². The number of piperazine rings is 1. The molecule has 0 bridgehead atoms. The standard InChI is InChI=1S/C20H19ClF3N7O/c1-28-5-6-30(16(32)11-28)14-9-29(10-14)17-15-8-25-31(18(15)27-19(21)26-17)13-4-2-3-12(7-13)20(22,23)24/h2-4,7-8,14H,5-6,9-11H2,1H3. The van der Waals surface area contributed by atoms with Crippen LogP contribution in [0, 0.1) is 0 Å². The van der Waals surface area contributed by atoms with E-state index in [1.165, 1.54) is 23.0 Å². The third-order valence-corrected chi connectivity index (χ3v) is 6.02. The molecular weight excluding hydrogens is 447 g/mol. The molecule has 5 rings (SSSR count). The van der Waals surface area contributed by atoms with E-state index in [4.69, 9.17) is 11.6 Å². The molecule has 1 aromatic carbocycles. The maximum absolute atomic E-state index is 13.1. The molecule has 0 saturated carbocycles. The SMILES string of the molecule is CN1CCN(C2CN(c3nc(Cl)nc4c3cnn4-c3cccc(C(F)(F)F)c3)C2)C(=O)C1. The lowest BCUT2D eigenvalue weighted by molar-refractivity contribution is -0.139. The van der Waals surface area contributed by atoms with Gasteiger partial charge in [0.15, 0.2) is 5.65 Å². The smallest absolute Gasteiger partial charge is 0.352 e. The van der Waals surface area contributed by atoms with Crippen molar-refractivity contribution in [1.82, 2.24) is 29.5 Å². The number of nitrogens with zero attached hydrogens (tertiary/aromatic N) is 7. The first-order chi connectivity index (χ1) is 15.2.